The molecular weight excluding hydrogens is 438 g/mol. The quantitative estimate of drug-likeness (QED) is 0.672. The van der Waals surface area contributed by atoms with Crippen LogP contribution in [0.25, 0.3) is 0 Å². The number of nitrogens with one attached hydrogen (secondary N) is 2. The summed E-state index contributed by atoms with van der Waals surface area (Å²) >= 11 is 6.14. The van der Waals surface area contributed by atoms with Crippen molar-refractivity contribution in [1.29, 1.82) is 0 Å². The van der Waals surface area contributed by atoms with Crippen molar-refractivity contribution in [3.8, 4) is 0 Å². The molecule has 2 amide bonds. The van der Waals surface area contributed by atoms with Crippen molar-refractivity contribution in [3.63, 3.8) is 0 Å². The average Bonchev–Trinajstić information content (AvgIpc) is 3.49. The van der Waals surface area contributed by atoms with Gasteiger partial charge in [-0.05, 0) is 48.4 Å². The summed E-state index contributed by atoms with van der Waals surface area (Å²) in [5, 5.41) is 6.63. The number of rotatable bonds is 6. The topological polar surface area (TPSA) is 64.7 Å². The van der Waals surface area contributed by atoms with Gasteiger partial charge in [0.25, 0.3) is 0 Å². The van der Waals surface area contributed by atoms with Crippen LogP contribution in [-0.4, -0.2) is 67.3 Å². The Bertz CT molecular complexity index is 864. The van der Waals surface area contributed by atoms with Crippen LogP contribution in [-0.2, 0) is 16.1 Å². The van der Waals surface area contributed by atoms with Gasteiger partial charge in [0.05, 0.1) is 6.54 Å². The molecule has 2 aliphatic carbocycles. The van der Waals surface area contributed by atoms with Gasteiger partial charge in [0.2, 0.25) is 17.7 Å². The summed E-state index contributed by atoms with van der Waals surface area (Å²) in [6, 6.07) is 5.77. The zero-order valence-electron chi connectivity index (χ0n) is 18.4. The lowest BCUT2D eigenvalue weighted by Gasteiger charge is -2.35. The van der Waals surface area contributed by atoms with E-state index in [0.717, 1.165) is 30.9 Å². The average molecular weight is 469 g/mol. The Balaban J connectivity index is 1.19. The molecule has 1 heterocycles. The summed E-state index contributed by atoms with van der Waals surface area (Å²) in [6.07, 6.45) is 1.20. The van der Waals surface area contributed by atoms with Crippen LogP contribution in [0.5, 0.6) is 0 Å². The summed E-state index contributed by atoms with van der Waals surface area (Å²) < 4.78 is 26.8. The molecule has 0 radical (unpaired) electrons. The summed E-state index contributed by atoms with van der Waals surface area (Å²) in [4.78, 5) is 29.1. The molecule has 32 heavy (non-hydrogen) atoms. The van der Waals surface area contributed by atoms with E-state index >= 15 is 0 Å². The Kier molecular flexibility index (Phi) is 6.63. The van der Waals surface area contributed by atoms with Crippen LogP contribution in [0.1, 0.15) is 37.7 Å². The number of benzene rings is 1. The second kappa shape index (κ2) is 9.14. The van der Waals surface area contributed by atoms with Crippen molar-refractivity contribution in [2.45, 2.75) is 44.6 Å². The van der Waals surface area contributed by atoms with Gasteiger partial charge in [-0.2, -0.15) is 0 Å². The number of carbonyl (C=O) groups excluding carboxylic acids is 2. The van der Waals surface area contributed by atoms with Crippen LogP contribution in [0.4, 0.5) is 14.5 Å². The van der Waals surface area contributed by atoms with Crippen molar-refractivity contribution in [1.82, 2.24) is 15.1 Å². The fraction of sp³-hybridized carbons (Fsp3) is 0.652. The predicted octanol–water partition coefficient (Wildman–Crippen LogP) is 3.36. The number of hydrogen-bond donors (Lipinski definition) is 2. The van der Waals surface area contributed by atoms with Crippen LogP contribution < -0.4 is 10.6 Å². The van der Waals surface area contributed by atoms with Crippen molar-refractivity contribution >= 4 is 29.1 Å². The molecule has 3 fully saturated rings. The minimum absolute atomic E-state index is 0.0280. The largest absolute Gasteiger partial charge is 0.388 e. The normalized spacial score (nSPS) is 24.2. The van der Waals surface area contributed by atoms with Gasteiger partial charge < -0.3 is 15.5 Å². The Morgan fingerprint density at radius 3 is 2.47 bits per heavy atom. The van der Waals surface area contributed by atoms with Gasteiger partial charge >= 0.3 is 0 Å². The second-order valence-corrected chi connectivity index (χ2v) is 9.84. The number of carbonyl (C=O) groups is 2. The molecule has 4 rings (SSSR count). The van der Waals surface area contributed by atoms with Crippen LogP contribution in [0, 0.1) is 11.3 Å². The van der Waals surface area contributed by atoms with E-state index in [1.54, 1.807) is 4.90 Å². The molecule has 3 aliphatic rings. The molecule has 2 saturated carbocycles. The third-order valence-corrected chi connectivity index (χ3v) is 7.59. The van der Waals surface area contributed by atoms with E-state index in [1.807, 2.05) is 25.2 Å². The third-order valence-electron chi connectivity index (χ3n) is 7.35. The van der Waals surface area contributed by atoms with E-state index in [-0.39, 0.29) is 42.5 Å². The van der Waals surface area contributed by atoms with Gasteiger partial charge in [0.15, 0.2) is 0 Å². The van der Waals surface area contributed by atoms with Crippen molar-refractivity contribution in [3.05, 3.63) is 28.8 Å². The van der Waals surface area contributed by atoms with Crippen molar-refractivity contribution in [2.24, 2.45) is 11.3 Å². The summed E-state index contributed by atoms with van der Waals surface area (Å²) in [5.41, 5.74) is 1.90. The van der Waals surface area contributed by atoms with Crippen LogP contribution in [0.2, 0.25) is 5.02 Å². The molecule has 0 bridgehead atoms. The maximum atomic E-state index is 13.4. The highest BCUT2D eigenvalue weighted by molar-refractivity contribution is 6.30. The van der Waals surface area contributed by atoms with E-state index in [9.17, 15) is 18.4 Å². The molecule has 0 aromatic heterocycles. The Morgan fingerprint density at radius 1 is 1.12 bits per heavy atom. The molecule has 9 heteroatoms. The Morgan fingerprint density at radius 2 is 1.81 bits per heavy atom. The van der Waals surface area contributed by atoms with Crippen LogP contribution in [0.3, 0.4) is 0 Å². The first kappa shape index (κ1) is 23.2. The Hall–Kier alpha value is -1.93. The molecule has 1 aromatic carbocycles. The van der Waals surface area contributed by atoms with E-state index in [4.69, 9.17) is 11.6 Å². The number of piperazine rings is 1. The lowest BCUT2D eigenvalue weighted by molar-refractivity contribution is -0.135. The van der Waals surface area contributed by atoms with E-state index < -0.39 is 5.92 Å². The third kappa shape index (κ3) is 5.17. The minimum atomic E-state index is -2.59. The number of hydrogen-bond acceptors (Lipinski definition) is 4. The lowest BCUT2D eigenvalue weighted by atomic mass is 9.82. The molecule has 1 saturated heterocycles. The highest BCUT2D eigenvalue weighted by Gasteiger charge is 2.60. The van der Waals surface area contributed by atoms with Gasteiger partial charge in [0, 0.05) is 69.2 Å². The number of anilines is 1. The second-order valence-electron chi connectivity index (χ2n) is 9.40. The minimum Gasteiger partial charge on any atom is -0.388 e. The van der Waals surface area contributed by atoms with E-state index in [0.29, 0.717) is 37.4 Å². The molecule has 6 nitrogen and oxygen atoms in total. The standard InChI is InChI=1S/C23H31ClF2N4O2/c1-27-19-3-2-17(24)12-16(19)15-29-8-10-30(11-9-29)20(31)14-28-21(32)18-13-22(18)4-6-23(25,26)7-5-22/h2-3,12,18,27H,4-11,13-15H2,1H3,(H,28,32). The highest BCUT2D eigenvalue weighted by Crippen LogP contribution is 2.63. The smallest absolute Gasteiger partial charge is 0.248 e. The summed E-state index contributed by atoms with van der Waals surface area (Å²) in [5.74, 6) is -3.07. The van der Waals surface area contributed by atoms with Gasteiger partial charge in [-0.15, -0.1) is 0 Å². The van der Waals surface area contributed by atoms with Gasteiger partial charge in [-0.1, -0.05) is 11.6 Å². The predicted molar refractivity (Wildman–Crippen MR) is 120 cm³/mol. The maximum absolute atomic E-state index is 13.4. The molecular formula is C23H31ClF2N4O2. The van der Waals surface area contributed by atoms with Gasteiger partial charge in [-0.25, -0.2) is 8.78 Å². The fourth-order valence-electron chi connectivity index (χ4n) is 5.12. The lowest BCUT2D eigenvalue weighted by Crippen LogP contribution is -2.51. The maximum Gasteiger partial charge on any atom is 0.248 e. The van der Waals surface area contributed by atoms with Gasteiger partial charge in [0.1, 0.15) is 0 Å². The summed E-state index contributed by atoms with van der Waals surface area (Å²) in [6.45, 7) is 3.42. The fourth-order valence-corrected chi connectivity index (χ4v) is 5.31. The van der Waals surface area contributed by atoms with Crippen LogP contribution >= 0.6 is 11.6 Å². The van der Waals surface area contributed by atoms with E-state index in [1.165, 1.54) is 0 Å². The van der Waals surface area contributed by atoms with Crippen molar-refractivity contribution in [2.75, 3.05) is 45.1 Å². The Labute approximate surface area is 192 Å². The SMILES string of the molecule is CNc1ccc(Cl)cc1CN1CCN(C(=O)CNC(=O)C2CC23CCC(F)(F)CC3)CC1. The molecule has 1 atom stereocenters. The van der Waals surface area contributed by atoms with Crippen molar-refractivity contribution < 1.29 is 18.4 Å². The monoisotopic (exact) mass is 468 g/mol. The first-order chi connectivity index (χ1) is 15.2. The molecule has 1 aliphatic heterocycles. The van der Waals surface area contributed by atoms with E-state index in [2.05, 4.69) is 15.5 Å². The zero-order valence-corrected chi connectivity index (χ0v) is 19.2. The molecule has 2 N–H and O–H groups in total. The molecule has 1 unspecified atom stereocenters. The first-order valence-corrected chi connectivity index (χ1v) is 11.7. The highest BCUT2D eigenvalue weighted by atomic mass is 35.5. The number of amides is 2. The molecule has 1 spiro atoms. The van der Waals surface area contributed by atoms with Gasteiger partial charge in [-0.3, -0.25) is 14.5 Å². The number of halogens is 3. The van der Waals surface area contributed by atoms with Crippen LogP contribution in [0.15, 0.2) is 18.2 Å². The summed E-state index contributed by atoms with van der Waals surface area (Å²) in [7, 11) is 1.88. The molecule has 176 valence electrons. The number of nitrogens with zero attached hydrogens (tertiary/aromatic N) is 2. The number of alkyl halides is 2. The first-order valence-electron chi connectivity index (χ1n) is 11.3. The molecule has 1 aromatic rings. The zero-order chi connectivity index (χ0) is 22.9.